The highest BCUT2D eigenvalue weighted by atomic mass is 15.2. The van der Waals surface area contributed by atoms with Gasteiger partial charge in [-0.1, -0.05) is 153 Å². The minimum atomic E-state index is -0.243. The third-order valence-corrected chi connectivity index (χ3v) is 10.9. The van der Waals surface area contributed by atoms with Gasteiger partial charge in [0.2, 0.25) is 0 Å². The Balaban J connectivity index is 1.23. The van der Waals surface area contributed by atoms with E-state index in [0.717, 1.165) is 40.5 Å². The highest BCUT2D eigenvalue weighted by molar-refractivity contribution is 6.38. The largest absolute Gasteiger partial charge is 0.344 e. The maximum atomic E-state index is 5.14. The molecule has 9 aromatic rings. The van der Waals surface area contributed by atoms with Crippen LogP contribution in [-0.4, -0.2) is 16.2 Å². The number of hydrogen-bond donors (Lipinski definition) is 1. The maximum absolute atomic E-state index is 5.14. The number of rotatable bonds is 6. The smallest absolute Gasteiger partial charge is 0.155 e. The Bertz CT molecular complexity index is 3050. The van der Waals surface area contributed by atoms with E-state index >= 15 is 0 Å². The first-order chi connectivity index (χ1) is 26.7. The molecule has 1 N–H and O–H groups in total. The fourth-order valence-electron chi connectivity index (χ4n) is 8.38. The fraction of sp³-hybridized carbons (Fsp3) is 0.0800. The number of nitrogens with zero attached hydrogens (tertiary/aromatic N) is 3. The molecule has 8 aromatic carbocycles. The van der Waals surface area contributed by atoms with Crippen LogP contribution in [0.2, 0.25) is 0 Å². The van der Waals surface area contributed by atoms with E-state index in [-0.39, 0.29) is 6.17 Å². The summed E-state index contributed by atoms with van der Waals surface area (Å²) in [6, 6.07) is 55.0. The second-order valence-corrected chi connectivity index (χ2v) is 14.0. The molecule has 1 atom stereocenters. The number of fused-ring (bicyclic) bond motifs is 12. The number of amidine groups is 2. The Hall–Kier alpha value is -6.78. The van der Waals surface area contributed by atoms with Crippen LogP contribution in [0, 0.1) is 0 Å². The van der Waals surface area contributed by atoms with Gasteiger partial charge in [-0.2, -0.15) is 0 Å². The minimum absolute atomic E-state index is 0.243. The van der Waals surface area contributed by atoms with Gasteiger partial charge in [-0.3, -0.25) is 0 Å². The van der Waals surface area contributed by atoms with Crippen molar-refractivity contribution in [2.24, 2.45) is 9.98 Å². The van der Waals surface area contributed by atoms with Crippen LogP contribution in [0.25, 0.3) is 70.6 Å². The molecule has 258 valence electrons. The van der Waals surface area contributed by atoms with Crippen LogP contribution in [0.4, 0.5) is 0 Å². The summed E-state index contributed by atoms with van der Waals surface area (Å²) >= 11 is 0. The van der Waals surface area contributed by atoms with E-state index < -0.39 is 0 Å². The van der Waals surface area contributed by atoms with Crippen molar-refractivity contribution in [3.05, 3.63) is 187 Å². The standard InChI is InChI=1S/C50H38N4/c1-3-5-15-32(4-2)48-51-49(35-18-7-6-8-19-35)53-50(52-48)36-24-28-37(29-25-36)54-46-39-21-12-10-17-34(39)27-31-43(46)45-44-38-20-11-9-16-33(38)26-30-41(44)40-22-13-14-23-42(40)47(45)54/h3,5-31,49H,4H2,1-2H3,(H,51,52,53)/b5-3-,32-15+. The summed E-state index contributed by atoms with van der Waals surface area (Å²) in [7, 11) is 0. The Labute approximate surface area is 314 Å². The van der Waals surface area contributed by atoms with Crippen LogP contribution >= 0.6 is 0 Å². The third kappa shape index (κ3) is 5.06. The summed E-state index contributed by atoms with van der Waals surface area (Å²) in [4.78, 5) is 10.2. The van der Waals surface area contributed by atoms with Crippen LogP contribution in [-0.2, 0) is 0 Å². The molecule has 0 saturated heterocycles. The SMILES string of the molecule is C/C=C\C=C(/CC)C1=NC(c2ccccc2)NC(c2ccc(-n3c4c5ccccc5ccc4c4c5c6ccccc6ccc5c5ccccc5c43)cc2)=N1. The van der Waals surface area contributed by atoms with Crippen LogP contribution in [0.1, 0.15) is 37.6 Å². The highest BCUT2D eigenvalue weighted by Gasteiger charge is 2.24. The molecule has 0 saturated carbocycles. The zero-order valence-electron chi connectivity index (χ0n) is 30.3. The zero-order valence-corrected chi connectivity index (χ0v) is 30.3. The number of aliphatic imine (C=N–C) groups is 2. The summed E-state index contributed by atoms with van der Waals surface area (Å²) in [5.74, 6) is 1.58. The normalized spacial score (nSPS) is 15.1. The molecular formula is C50H38N4. The van der Waals surface area contributed by atoms with Gasteiger partial charge in [0, 0.05) is 38.2 Å². The molecule has 1 aliphatic rings. The molecule has 0 aliphatic carbocycles. The van der Waals surface area contributed by atoms with Crippen LogP contribution in [0.3, 0.4) is 0 Å². The molecule has 0 spiro atoms. The molecule has 0 amide bonds. The minimum Gasteiger partial charge on any atom is -0.344 e. The maximum Gasteiger partial charge on any atom is 0.155 e. The lowest BCUT2D eigenvalue weighted by molar-refractivity contribution is 0.673. The molecule has 1 aliphatic heterocycles. The Kier molecular flexibility index (Phi) is 7.69. The first-order valence-corrected chi connectivity index (χ1v) is 18.8. The lowest BCUT2D eigenvalue weighted by Gasteiger charge is -2.24. The second-order valence-electron chi connectivity index (χ2n) is 14.0. The first-order valence-electron chi connectivity index (χ1n) is 18.8. The van der Waals surface area contributed by atoms with E-state index in [2.05, 4.69) is 175 Å². The molecule has 10 rings (SSSR count). The molecule has 0 bridgehead atoms. The molecule has 1 aromatic heterocycles. The number of nitrogens with one attached hydrogen (secondary N) is 1. The van der Waals surface area contributed by atoms with Gasteiger partial charge < -0.3 is 9.88 Å². The van der Waals surface area contributed by atoms with Crippen LogP contribution in [0.5, 0.6) is 0 Å². The molecule has 0 radical (unpaired) electrons. The topological polar surface area (TPSA) is 41.7 Å². The number of benzene rings is 8. The summed E-state index contributed by atoms with van der Waals surface area (Å²) in [6.07, 6.45) is 6.82. The van der Waals surface area contributed by atoms with Crippen molar-refractivity contribution in [1.29, 1.82) is 0 Å². The van der Waals surface area contributed by atoms with Gasteiger partial charge in [0.15, 0.2) is 5.84 Å². The Morgan fingerprint density at radius 2 is 1.26 bits per heavy atom. The van der Waals surface area contributed by atoms with Crippen LogP contribution < -0.4 is 5.32 Å². The van der Waals surface area contributed by atoms with Gasteiger partial charge in [0.1, 0.15) is 12.0 Å². The third-order valence-electron chi connectivity index (χ3n) is 10.9. The lowest BCUT2D eigenvalue weighted by Crippen LogP contribution is -2.33. The van der Waals surface area contributed by atoms with Crippen molar-refractivity contribution in [2.75, 3.05) is 0 Å². The molecule has 4 heteroatoms. The highest BCUT2D eigenvalue weighted by Crippen LogP contribution is 2.46. The molecule has 54 heavy (non-hydrogen) atoms. The summed E-state index contributed by atoms with van der Waals surface area (Å²) in [5.41, 5.74) is 6.77. The van der Waals surface area contributed by atoms with Crippen molar-refractivity contribution in [2.45, 2.75) is 26.4 Å². The lowest BCUT2D eigenvalue weighted by atomic mass is 9.92. The van der Waals surface area contributed by atoms with Crippen molar-refractivity contribution in [3.8, 4) is 5.69 Å². The molecule has 0 fully saturated rings. The van der Waals surface area contributed by atoms with Crippen molar-refractivity contribution >= 4 is 76.6 Å². The predicted octanol–water partition coefficient (Wildman–Crippen LogP) is 12.8. The monoisotopic (exact) mass is 694 g/mol. The number of allylic oxidation sites excluding steroid dienone is 3. The average molecular weight is 695 g/mol. The van der Waals surface area contributed by atoms with Gasteiger partial charge in [0.05, 0.1) is 11.0 Å². The van der Waals surface area contributed by atoms with E-state index in [1.165, 1.54) is 64.9 Å². The summed E-state index contributed by atoms with van der Waals surface area (Å²) < 4.78 is 2.51. The average Bonchev–Trinajstić information content (AvgIpc) is 3.60. The van der Waals surface area contributed by atoms with Gasteiger partial charge >= 0.3 is 0 Å². The summed E-state index contributed by atoms with van der Waals surface area (Å²) in [5, 5.41) is 16.3. The van der Waals surface area contributed by atoms with E-state index in [0.29, 0.717) is 0 Å². The zero-order chi connectivity index (χ0) is 36.2. The molecule has 2 heterocycles. The summed E-state index contributed by atoms with van der Waals surface area (Å²) in [6.45, 7) is 4.19. The molecule has 1 unspecified atom stereocenters. The van der Waals surface area contributed by atoms with E-state index in [1.54, 1.807) is 0 Å². The van der Waals surface area contributed by atoms with E-state index in [4.69, 9.17) is 9.98 Å². The van der Waals surface area contributed by atoms with Gasteiger partial charge in [0.25, 0.3) is 0 Å². The second kappa shape index (κ2) is 13.0. The van der Waals surface area contributed by atoms with E-state index in [1.807, 2.05) is 19.1 Å². The van der Waals surface area contributed by atoms with E-state index in [9.17, 15) is 0 Å². The first kappa shape index (κ1) is 31.9. The number of aromatic nitrogens is 1. The van der Waals surface area contributed by atoms with Gasteiger partial charge in [-0.05, 0) is 75.7 Å². The van der Waals surface area contributed by atoms with Crippen molar-refractivity contribution in [1.82, 2.24) is 9.88 Å². The Morgan fingerprint density at radius 3 is 2.00 bits per heavy atom. The molecular weight excluding hydrogens is 657 g/mol. The quantitative estimate of drug-likeness (QED) is 0.137. The fourth-order valence-corrected chi connectivity index (χ4v) is 8.38. The van der Waals surface area contributed by atoms with Gasteiger partial charge in [-0.25, -0.2) is 9.98 Å². The van der Waals surface area contributed by atoms with Crippen molar-refractivity contribution in [3.63, 3.8) is 0 Å². The van der Waals surface area contributed by atoms with Crippen LogP contribution in [0.15, 0.2) is 185 Å². The van der Waals surface area contributed by atoms with Crippen molar-refractivity contribution < 1.29 is 0 Å². The van der Waals surface area contributed by atoms with Gasteiger partial charge in [-0.15, -0.1) is 0 Å². The molecule has 4 nitrogen and oxygen atoms in total. The number of hydrogen-bond acceptors (Lipinski definition) is 3. The predicted molar refractivity (Wildman–Crippen MR) is 230 cm³/mol. The Morgan fingerprint density at radius 1 is 0.611 bits per heavy atom.